The van der Waals surface area contributed by atoms with Crippen molar-refractivity contribution in [2.24, 2.45) is 5.92 Å². The van der Waals surface area contributed by atoms with E-state index in [1.807, 2.05) is 39.0 Å². The molecule has 0 amide bonds. The van der Waals surface area contributed by atoms with Crippen LogP contribution in [0.15, 0.2) is 35.6 Å². The van der Waals surface area contributed by atoms with Gasteiger partial charge in [0.05, 0.1) is 22.3 Å². The third kappa shape index (κ3) is 6.62. The SMILES string of the molecule is CCC(CNS(=O)C(C)(C)C)COC1=C(C)CC=CC=C1. The number of ether oxygens (including phenoxy) is 1. The molecule has 120 valence electrons. The van der Waals surface area contributed by atoms with Crippen molar-refractivity contribution in [2.45, 2.75) is 52.2 Å². The Morgan fingerprint density at radius 3 is 2.71 bits per heavy atom. The lowest BCUT2D eigenvalue weighted by molar-refractivity contribution is 0.170. The fourth-order valence-electron chi connectivity index (χ4n) is 1.82. The zero-order valence-corrected chi connectivity index (χ0v) is 14.8. The first-order valence-electron chi connectivity index (χ1n) is 7.65. The largest absolute Gasteiger partial charge is 0.493 e. The molecular weight excluding hydrogens is 282 g/mol. The van der Waals surface area contributed by atoms with Crippen LogP contribution in [0.1, 0.15) is 47.5 Å². The fourth-order valence-corrected chi connectivity index (χ4v) is 2.64. The maximum Gasteiger partial charge on any atom is 0.118 e. The molecule has 1 aliphatic rings. The van der Waals surface area contributed by atoms with E-state index in [0.717, 1.165) is 18.6 Å². The minimum absolute atomic E-state index is 0.228. The van der Waals surface area contributed by atoms with Gasteiger partial charge in [-0.05, 0) is 52.2 Å². The van der Waals surface area contributed by atoms with Gasteiger partial charge in [-0.2, -0.15) is 0 Å². The Kier molecular flexibility index (Phi) is 7.40. The van der Waals surface area contributed by atoms with Gasteiger partial charge in [0, 0.05) is 12.5 Å². The van der Waals surface area contributed by atoms with Crippen molar-refractivity contribution in [3.63, 3.8) is 0 Å². The van der Waals surface area contributed by atoms with Crippen LogP contribution in [0.2, 0.25) is 0 Å². The summed E-state index contributed by atoms with van der Waals surface area (Å²) in [4.78, 5) is 0. The average Bonchev–Trinajstić information content (AvgIpc) is 2.62. The van der Waals surface area contributed by atoms with E-state index in [-0.39, 0.29) is 4.75 Å². The van der Waals surface area contributed by atoms with Crippen molar-refractivity contribution in [3.05, 3.63) is 35.6 Å². The summed E-state index contributed by atoms with van der Waals surface area (Å²) < 4.78 is 20.9. The van der Waals surface area contributed by atoms with Crippen LogP contribution >= 0.6 is 0 Å². The monoisotopic (exact) mass is 311 g/mol. The Labute approximate surface area is 132 Å². The maximum absolute atomic E-state index is 12.0. The predicted molar refractivity (Wildman–Crippen MR) is 91.2 cm³/mol. The van der Waals surface area contributed by atoms with Gasteiger partial charge in [0.1, 0.15) is 5.76 Å². The van der Waals surface area contributed by atoms with E-state index >= 15 is 0 Å². The molecule has 4 heteroatoms. The number of hydrogen-bond acceptors (Lipinski definition) is 2. The van der Waals surface area contributed by atoms with Crippen molar-refractivity contribution in [2.75, 3.05) is 13.2 Å². The van der Waals surface area contributed by atoms with E-state index in [9.17, 15) is 4.21 Å². The first-order chi connectivity index (χ1) is 9.84. The van der Waals surface area contributed by atoms with Crippen molar-refractivity contribution < 1.29 is 8.95 Å². The Balaban J connectivity index is 2.46. The lowest BCUT2D eigenvalue weighted by atomic mass is 10.1. The minimum Gasteiger partial charge on any atom is -0.493 e. The van der Waals surface area contributed by atoms with Crippen LogP contribution < -0.4 is 4.72 Å². The van der Waals surface area contributed by atoms with E-state index in [2.05, 4.69) is 24.6 Å². The number of rotatable bonds is 7. The van der Waals surface area contributed by atoms with Gasteiger partial charge < -0.3 is 4.74 Å². The normalized spacial score (nSPS) is 18.5. The van der Waals surface area contributed by atoms with E-state index < -0.39 is 11.0 Å². The second-order valence-electron chi connectivity index (χ2n) is 6.45. The summed E-state index contributed by atoms with van der Waals surface area (Å²) in [5.41, 5.74) is 1.25. The summed E-state index contributed by atoms with van der Waals surface area (Å²) in [5.74, 6) is 1.33. The van der Waals surface area contributed by atoms with Gasteiger partial charge in [0.15, 0.2) is 0 Å². The quantitative estimate of drug-likeness (QED) is 0.775. The highest BCUT2D eigenvalue weighted by Gasteiger charge is 2.20. The molecule has 0 aromatic heterocycles. The van der Waals surface area contributed by atoms with E-state index in [4.69, 9.17) is 4.74 Å². The van der Waals surface area contributed by atoms with Crippen LogP contribution in [0.25, 0.3) is 0 Å². The summed E-state index contributed by atoms with van der Waals surface area (Å²) in [7, 11) is -1.02. The van der Waals surface area contributed by atoms with Gasteiger partial charge in [-0.15, -0.1) is 0 Å². The highest BCUT2D eigenvalue weighted by Crippen LogP contribution is 2.17. The van der Waals surface area contributed by atoms with Gasteiger partial charge in [0.25, 0.3) is 0 Å². The smallest absolute Gasteiger partial charge is 0.118 e. The summed E-state index contributed by atoms with van der Waals surface area (Å²) in [6, 6.07) is 0. The standard InChI is InChI=1S/C17H29NO2S/c1-6-15(12-18-21(19)17(3,4)5)13-20-16-11-9-7-8-10-14(16)2/h7-9,11,15,18H,6,10,12-13H2,1-5H3. The molecule has 0 saturated carbocycles. The Morgan fingerprint density at radius 2 is 2.10 bits per heavy atom. The van der Waals surface area contributed by atoms with Crippen LogP contribution in [0, 0.1) is 5.92 Å². The van der Waals surface area contributed by atoms with E-state index in [0.29, 0.717) is 19.1 Å². The van der Waals surface area contributed by atoms with Crippen molar-refractivity contribution in [1.29, 1.82) is 0 Å². The molecule has 1 rings (SSSR count). The summed E-state index contributed by atoms with van der Waals surface area (Å²) in [5, 5.41) is 0. The molecule has 0 radical (unpaired) electrons. The zero-order chi connectivity index (χ0) is 15.9. The van der Waals surface area contributed by atoms with Gasteiger partial charge in [-0.3, -0.25) is 0 Å². The third-order valence-electron chi connectivity index (χ3n) is 3.45. The summed E-state index contributed by atoms with van der Waals surface area (Å²) in [6.07, 6.45) is 10.2. The maximum atomic E-state index is 12.0. The zero-order valence-electron chi connectivity index (χ0n) is 13.9. The summed E-state index contributed by atoms with van der Waals surface area (Å²) >= 11 is 0. The van der Waals surface area contributed by atoms with Gasteiger partial charge >= 0.3 is 0 Å². The molecule has 0 fully saturated rings. The topological polar surface area (TPSA) is 38.3 Å². The molecule has 2 unspecified atom stereocenters. The van der Waals surface area contributed by atoms with Crippen LogP contribution in [-0.4, -0.2) is 22.1 Å². The van der Waals surface area contributed by atoms with Crippen molar-refractivity contribution in [1.82, 2.24) is 4.72 Å². The molecule has 1 N–H and O–H groups in total. The average molecular weight is 311 g/mol. The lowest BCUT2D eigenvalue weighted by Gasteiger charge is -2.22. The van der Waals surface area contributed by atoms with Crippen molar-refractivity contribution >= 4 is 11.0 Å². The van der Waals surface area contributed by atoms with Gasteiger partial charge in [-0.25, -0.2) is 8.93 Å². The van der Waals surface area contributed by atoms with Crippen LogP contribution in [0.3, 0.4) is 0 Å². The second kappa shape index (κ2) is 8.54. The Bertz CT molecular complexity index is 444. The predicted octanol–water partition coefficient (Wildman–Crippen LogP) is 3.87. The van der Waals surface area contributed by atoms with Gasteiger partial charge in [0.2, 0.25) is 0 Å². The fraction of sp³-hybridized carbons (Fsp3) is 0.647. The molecule has 0 heterocycles. The van der Waals surface area contributed by atoms with Gasteiger partial charge in [-0.1, -0.05) is 25.2 Å². The third-order valence-corrected chi connectivity index (χ3v) is 4.99. The molecule has 1 aliphatic carbocycles. The molecule has 0 spiro atoms. The molecule has 0 aliphatic heterocycles. The molecule has 0 aromatic carbocycles. The van der Waals surface area contributed by atoms with E-state index in [1.54, 1.807) is 0 Å². The highest BCUT2D eigenvalue weighted by molar-refractivity contribution is 7.84. The van der Waals surface area contributed by atoms with Crippen LogP contribution in [0.4, 0.5) is 0 Å². The molecular formula is C17H29NO2S. The first kappa shape index (κ1) is 18.2. The number of allylic oxidation sites excluding steroid dienone is 5. The van der Waals surface area contributed by atoms with Crippen LogP contribution in [0.5, 0.6) is 0 Å². The number of nitrogens with one attached hydrogen (secondary N) is 1. The lowest BCUT2D eigenvalue weighted by Crippen LogP contribution is -2.36. The Hall–Kier alpha value is -0.870. The molecule has 21 heavy (non-hydrogen) atoms. The molecule has 0 bridgehead atoms. The molecule has 2 atom stereocenters. The highest BCUT2D eigenvalue weighted by atomic mass is 32.2. The molecule has 3 nitrogen and oxygen atoms in total. The summed E-state index contributed by atoms with van der Waals surface area (Å²) in [6.45, 7) is 11.5. The Morgan fingerprint density at radius 1 is 1.38 bits per heavy atom. The molecule has 0 saturated heterocycles. The van der Waals surface area contributed by atoms with Crippen LogP contribution in [-0.2, 0) is 15.7 Å². The minimum atomic E-state index is -1.02. The molecule has 0 aromatic rings. The van der Waals surface area contributed by atoms with Crippen molar-refractivity contribution in [3.8, 4) is 0 Å². The second-order valence-corrected chi connectivity index (χ2v) is 8.50. The van der Waals surface area contributed by atoms with E-state index in [1.165, 1.54) is 5.57 Å². The first-order valence-corrected chi connectivity index (χ1v) is 8.80. The number of hydrogen-bond donors (Lipinski definition) is 1.